The molecule has 1 atom stereocenters. The Hall–Kier alpha value is -4.20. The van der Waals surface area contributed by atoms with Gasteiger partial charge >= 0.3 is 11.9 Å². The smallest absolute Gasteiger partial charge is 0.349 e. The molecule has 4 aromatic rings. The quantitative estimate of drug-likeness (QED) is 0.121. The molecule has 0 bridgehead atoms. The van der Waals surface area contributed by atoms with Crippen molar-refractivity contribution in [1.29, 1.82) is 0 Å². The minimum Gasteiger partial charge on any atom is -0.423 e. The van der Waals surface area contributed by atoms with Crippen molar-refractivity contribution in [2.45, 2.75) is 26.2 Å². The number of ether oxygens (including phenoxy) is 2. The largest absolute Gasteiger partial charge is 0.423 e. The first-order valence-electron chi connectivity index (χ1n) is 11.1. The third kappa shape index (κ3) is 4.79. The highest BCUT2D eigenvalue weighted by Crippen LogP contribution is 2.32. The Labute approximate surface area is 204 Å². The van der Waals surface area contributed by atoms with Gasteiger partial charge in [0.2, 0.25) is 17.4 Å². The molecule has 0 saturated heterocycles. The van der Waals surface area contributed by atoms with Gasteiger partial charge in [-0.3, -0.25) is 0 Å². The average molecular weight is 496 g/mol. The van der Waals surface area contributed by atoms with Crippen molar-refractivity contribution in [2.75, 3.05) is 0 Å². The number of esters is 2. The second kappa shape index (κ2) is 10.2. The van der Waals surface area contributed by atoms with Gasteiger partial charge in [0.05, 0.1) is 5.56 Å². The maximum Gasteiger partial charge on any atom is 0.349 e. The van der Waals surface area contributed by atoms with Crippen LogP contribution in [-0.2, 0) is 0 Å². The van der Waals surface area contributed by atoms with Gasteiger partial charge < -0.3 is 9.47 Å². The molecule has 0 radical (unpaired) electrons. The Morgan fingerprint density at radius 1 is 0.750 bits per heavy atom. The summed E-state index contributed by atoms with van der Waals surface area (Å²) in [6, 6.07) is 17.5. The van der Waals surface area contributed by atoms with Gasteiger partial charge in [-0.25, -0.2) is 18.4 Å². The molecule has 0 spiro atoms. The molecular weight excluding hydrogens is 476 g/mol. The van der Waals surface area contributed by atoms with Crippen LogP contribution in [0, 0.1) is 23.3 Å². The van der Waals surface area contributed by atoms with Crippen molar-refractivity contribution in [3.63, 3.8) is 0 Å². The van der Waals surface area contributed by atoms with Crippen LogP contribution in [0.5, 0.6) is 11.5 Å². The van der Waals surface area contributed by atoms with Crippen LogP contribution >= 0.6 is 0 Å². The van der Waals surface area contributed by atoms with Crippen molar-refractivity contribution in [1.82, 2.24) is 0 Å². The SMILES string of the molecule is CCC(C)c1ccc(C(=O)Oc2c(F)c(F)c(C(=O)Oc3ccc4ccccc4c3)c(F)c2F)cc1. The molecule has 1 unspecified atom stereocenters. The maximum absolute atomic E-state index is 14.7. The molecule has 0 amide bonds. The Morgan fingerprint density at radius 2 is 1.36 bits per heavy atom. The molecule has 0 heterocycles. The third-order valence-corrected chi connectivity index (χ3v) is 5.88. The number of hydrogen-bond donors (Lipinski definition) is 0. The lowest BCUT2D eigenvalue weighted by Crippen LogP contribution is -2.19. The summed E-state index contributed by atoms with van der Waals surface area (Å²) in [5.74, 6) is -12.5. The van der Waals surface area contributed by atoms with Gasteiger partial charge in [0.15, 0.2) is 11.6 Å². The van der Waals surface area contributed by atoms with Crippen molar-refractivity contribution in [3.05, 3.63) is 107 Å². The zero-order valence-corrected chi connectivity index (χ0v) is 19.3. The van der Waals surface area contributed by atoms with E-state index in [1.165, 1.54) is 24.3 Å². The van der Waals surface area contributed by atoms with Gasteiger partial charge in [-0.2, -0.15) is 8.78 Å². The maximum atomic E-state index is 14.7. The first-order valence-corrected chi connectivity index (χ1v) is 11.1. The lowest BCUT2D eigenvalue weighted by molar-refractivity contribution is 0.0713. The van der Waals surface area contributed by atoms with Crippen LogP contribution in [-0.4, -0.2) is 11.9 Å². The average Bonchev–Trinajstić information content (AvgIpc) is 2.89. The van der Waals surface area contributed by atoms with Gasteiger partial charge in [0.1, 0.15) is 11.3 Å². The zero-order valence-electron chi connectivity index (χ0n) is 19.3. The molecule has 0 aliphatic heterocycles. The van der Waals surface area contributed by atoms with Crippen molar-refractivity contribution < 1.29 is 36.6 Å². The predicted octanol–water partition coefficient (Wildman–Crippen LogP) is 7.35. The minimum atomic E-state index is -2.05. The highest BCUT2D eigenvalue weighted by Gasteiger charge is 2.33. The van der Waals surface area contributed by atoms with Crippen LogP contribution in [0.15, 0.2) is 66.7 Å². The molecular formula is C28H20F4O4. The second-order valence-electron chi connectivity index (χ2n) is 8.18. The summed E-state index contributed by atoms with van der Waals surface area (Å²) in [6.45, 7) is 3.97. The summed E-state index contributed by atoms with van der Waals surface area (Å²) in [6.07, 6.45) is 0.856. The van der Waals surface area contributed by atoms with E-state index >= 15 is 0 Å². The summed E-state index contributed by atoms with van der Waals surface area (Å²) in [5.41, 5.74) is -0.741. The van der Waals surface area contributed by atoms with Gasteiger partial charge in [-0.1, -0.05) is 56.3 Å². The first-order chi connectivity index (χ1) is 17.2. The van der Waals surface area contributed by atoms with Crippen molar-refractivity contribution >= 4 is 22.7 Å². The molecule has 184 valence electrons. The van der Waals surface area contributed by atoms with E-state index in [0.29, 0.717) is 5.39 Å². The number of carbonyl (C=O) groups excluding carboxylic acids is 2. The minimum absolute atomic E-state index is 0.0820. The number of halogens is 4. The van der Waals surface area contributed by atoms with Gasteiger partial charge in [0.25, 0.3) is 0 Å². The highest BCUT2D eigenvalue weighted by atomic mass is 19.2. The molecule has 0 fully saturated rings. The predicted molar refractivity (Wildman–Crippen MR) is 125 cm³/mol. The molecule has 0 N–H and O–H groups in total. The van der Waals surface area contributed by atoms with E-state index in [1.807, 2.05) is 13.8 Å². The Morgan fingerprint density at radius 3 is 1.97 bits per heavy atom. The summed E-state index contributed by atoms with van der Waals surface area (Å²) in [5, 5.41) is 1.48. The molecule has 36 heavy (non-hydrogen) atoms. The summed E-state index contributed by atoms with van der Waals surface area (Å²) >= 11 is 0. The third-order valence-electron chi connectivity index (χ3n) is 5.88. The van der Waals surface area contributed by atoms with E-state index in [2.05, 4.69) is 4.74 Å². The number of fused-ring (bicyclic) bond motifs is 1. The standard InChI is InChI=1S/C28H20F4O4/c1-3-15(2)16-8-10-18(11-9-16)27(33)36-26-24(31)22(29)21(23(30)25(26)32)28(34)35-20-13-12-17-6-4-5-7-19(17)14-20/h4-15H,3H2,1-2H3. The van der Waals surface area contributed by atoms with Crippen LogP contribution in [0.4, 0.5) is 17.6 Å². The van der Waals surface area contributed by atoms with Gasteiger partial charge in [0, 0.05) is 0 Å². The Bertz CT molecular complexity index is 1440. The van der Waals surface area contributed by atoms with Crippen LogP contribution in [0.2, 0.25) is 0 Å². The number of rotatable bonds is 6. The van der Waals surface area contributed by atoms with E-state index in [9.17, 15) is 27.2 Å². The molecule has 8 heteroatoms. The van der Waals surface area contributed by atoms with E-state index in [0.717, 1.165) is 17.4 Å². The monoisotopic (exact) mass is 496 g/mol. The van der Waals surface area contributed by atoms with Crippen molar-refractivity contribution in [3.8, 4) is 11.5 Å². The summed E-state index contributed by atoms with van der Waals surface area (Å²) < 4.78 is 68.2. The van der Waals surface area contributed by atoms with E-state index in [4.69, 9.17) is 4.74 Å². The van der Waals surface area contributed by atoms with E-state index < -0.39 is 46.5 Å². The lowest BCUT2D eigenvalue weighted by Gasteiger charge is -2.13. The Balaban J connectivity index is 1.59. The normalized spacial score (nSPS) is 11.8. The topological polar surface area (TPSA) is 52.6 Å². The van der Waals surface area contributed by atoms with E-state index in [1.54, 1.807) is 42.5 Å². The van der Waals surface area contributed by atoms with Gasteiger partial charge in [-0.05, 0) is 52.9 Å². The summed E-state index contributed by atoms with van der Waals surface area (Å²) in [4.78, 5) is 24.8. The molecule has 4 aromatic carbocycles. The number of carbonyl (C=O) groups is 2. The summed E-state index contributed by atoms with van der Waals surface area (Å²) in [7, 11) is 0. The Kier molecular flexibility index (Phi) is 7.05. The van der Waals surface area contributed by atoms with Crippen LogP contribution in [0.25, 0.3) is 10.8 Å². The molecule has 0 aliphatic rings. The fourth-order valence-electron chi connectivity index (χ4n) is 3.60. The fraction of sp³-hybridized carbons (Fsp3) is 0.143. The van der Waals surface area contributed by atoms with E-state index in [-0.39, 0.29) is 17.2 Å². The molecule has 0 saturated carbocycles. The van der Waals surface area contributed by atoms with Crippen LogP contribution in [0.3, 0.4) is 0 Å². The lowest BCUT2D eigenvalue weighted by atomic mass is 9.98. The van der Waals surface area contributed by atoms with Crippen molar-refractivity contribution in [2.24, 2.45) is 0 Å². The number of benzene rings is 4. The molecule has 4 nitrogen and oxygen atoms in total. The number of hydrogen-bond acceptors (Lipinski definition) is 4. The first kappa shape index (κ1) is 24.9. The second-order valence-corrected chi connectivity index (χ2v) is 8.18. The van der Waals surface area contributed by atoms with Crippen LogP contribution < -0.4 is 9.47 Å². The molecule has 0 aromatic heterocycles. The van der Waals surface area contributed by atoms with Crippen LogP contribution in [0.1, 0.15) is 52.5 Å². The molecule has 4 rings (SSSR count). The highest BCUT2D eigenvalue weighted by molar-refractivity contribution is 5.94. The molecule has 0 aliphatic carbocycles. The fourth-order valence-corrected chi connectivity index (χ4v) is 3.60. The zero-order chi connectivity index (χ0) is 26.0. The van der Waals surface area contributed by atoms with Gasteiger partial charge in [-0.15, -0.1) is 0 Å².